The van der Waals surface area contributed by atoms with Gasteiger partial charge in [-0.15, -0.1) is 0 Å². The molecule has 1 atom stereocenters. The third kappa shape index (κ3) is 2.88. The standard InChI is InChI=1S/C13H15ClN4O/c1-8(12-16-5-6-18(12)2)17-13(19)10-4-3-9(15)7-11(10)14/h3-8H,15H2,1-2H3,(H,17,19). The minimum atomic E-state index is -0.250. The quantitative estimate of drug-likeness (QED) is 0.845. The molecule has 0 saturated carbocycles. The van der Waals surface area contributed by atoms with Crippen LogP contribution in [0.4, 0.5) is 5.69 Å². The number of amides is 1. The summed E-state index contributed by atoms with van der Waals surface area (Å²) in [6.45, 7) is 1.87. The topological polar surface area (TPSA) is 72.9 Å². The Morgan fingerprint density at radius 3 is 2.84 bits per heavy atom. The fourth-order valence-corrected chi connectivity index (χ4v) is 2.12. The molecule has 0 fully saturated rings. The first-order valence-electron chi connectivity index (χ1n) is 5.82. The van der Waals surface area contributed by atoms with Gasteiger partial charge in [-0.2, -0.15) is 0 Å². The van der Waals surface area contributed by atoms with Gasteiger partial charge in [-0.25, -0.2) is 4.98 Å². The number of anilines is 1. The summed E-state index contributed by atoms with van der Waals surface area (Å²) in [6, 6.07) is 4.60. The van der Waals surface area contributed by atoms with Crippen LogP contribution in [0.15, 0.2) is 30.6 Å². The monoisotopic (exact) mass is 278 g/mol. The Bertz CT molecular complexity index is 608. The third-order valence-corrected chi connectivity index (χ3v) is 3.14. The molecule has 100 valence electrons. The lowest BCUT2D eigenvalue weighted by Gasteiger charge is -2.14. The maximum absolute atomic E-state index is 12.1. The zero-order valence-electron chi connectivity index (χ0n) is 10.7. The van der Waals surface area contributed by atoms with Crippen molar-refractivity contribution in [3.63, 3.8) is 0 Å². The van der Waals surface area contributed by atoms with Gasteiger partial charge >= 0.3 is 0 Å². The Kier molecular flexibility index (Phi) is 3.76. The van der Waals surface area contributed by atoms with Gasteiger partial charge in [0.2, 0.25) is 0 Å². The summed E-state index contributed by atoms with van der Waals surface area (Å²) in [5, 5.41) is 3.19. The number of aromatic nitrogens is 2. The second-order valence-electron chi connectivity index (χ2n) is 4.33. The Labute approximate surface area is 116 Å². The van der Waals surface area contributed by atoms with Crippen LogP contribution >= 0.6 is 11.6 Å². The average molecular weight is 279 g/mol. The first-order valence-corrected chi connectivity index (χ1v) is 6.20. The SMILES string of the molecule is CC(NC(=O)c1ccc(N)cc1Cl)c1nccn1C. The lowest BCUT2D eigenvalue weighted by molar-refractivity contribution is 0.0938. The molecule has 0 spiro atoms. The minimum Gasteiger partial charge on any atom is -0.399 e. The molecule has 1 heterocycles. The van der Waals surface area contributed by atoms with Gasteiger partial charge in [0.25, 0.3) is 5.91 Å². The highest BCUT2D eigenvalue weighted by Crippen LogP contribution is 2.20. The Morgan fingerprint density at radius 1 is 1.53 bits per heavy atom. The predicted molar refractivity (Wildman–Crippen MR) is 75.0 cm³/mol. The van der Waals surface area contributed by atoms with E-state index in [4.69, 9.17) is 17.3 Å². The third-order valence-electron chi connectivity index (χ3n) is 2.83. The molecular formula is C13H15ClN4O. The number of carbonyl (C=O) groups excluding carboxylic acids is 1. The summed E-state index contributed by atoms with van der Waals surface area (Å²) in [4.78, 5) is 16.3. The van der Waals surface area contributed by atoms with Crippen LogP contribution in [0.2, 0.25) is 5.02 Å². The van der Waals surface area contributed by atoms with Crippen LogP contribution in [0.25, 0.3) is 0 Å². The molecule has 1 aromatic heterocycles. The number of carbonyl (C=O) groups is 1. The Morgan fingerprint density at radius 2 is 2.26 bits per heavy atom. The number of nitrogens with zero attached hydrogens (tertiary/aromatic N) is 2. The van der Waals surface area contributed by atoms with Crippen LogP contribution in [0.1, 0.15) is 29.1 Å². The van der Waals surface area contributed by atoms with Crippen molar-refractivity contribution in [3.05, 3.63) is 47.0 Å². The molecular weight excluding hydrogens is 264 g/mol. The molecule has 19 heavy (non-hydrogen) atoms. The van der Waals surface area contributed by atoms with Gasteiger partial charge in [0, 0.05) is 25.1 Å². The summed E-state index contributed by atoms with van der Waals surface area (Å²) in [5.41, 5.74) is 6.52. The van der Waals surface area contributed by atoms with Crippen LogP contribution in [-0.2, 0) is 7.05 Å². The number of nitrogen functional groups attached to an aromatic ring is 1. The zero-order chi connectivity index (χ0) is 14.0. The maximum atomic E-state index is 12.1. The lowest BCUT2D eigenvalue weighted by atomic mass is 10.2. The number of halogens is 1. The van der Waals surface area contributed by atoms with E-state index in [9.17, 15) is 4.79 Å². The number of rotatable bonds is 3. The van der Waals surface area contributed by atoms with Gasteiger partial charge in [0.1, 0.15) is 5.82 Å². The van der Waals surface area contributed by atoms with Crippen molar-refractivity contribution in [2.45, 2.75) is 13.0 Å². The van der Waals surface area contributed by atoms with Crippen LogP contribution in [0.3, 0.4) is 0 Å². The minimum absolute atomic E-state index is 0.207. The van der Waals surface area contributed by atoms with E-state index in [2.05, 4.69) is 10.3 Å². The number of nitrogens with one attached hydrogen (secondary N) is 1. The van der Waals surface area contributed by atoms with Crippen molar-refractivity contribution in [1.82, 2.24) is 14.9 Å². The second-order valence-corrected chi connectivity index (χ2v) is 4.74. The van der Waals surface area contributed by atoms with E-state index in [0.717, 1.165) is 5.82 Å². The van der Waals surface area contributed by atoms with E-state index in [1.54, 1.807) is 24.4 Å². The molecule has 0 saturated heterocycles. The zero-order valence-corrected chi connectivity index (χ0v) is 11.5. The van der Waals surface area contributed by atoms with Gasteiger partial charge in [-0.1, -0.05) is 11.6 Å². The van der Waals surface area contributed by atoms with E-state index < -0.39 is 0 Å². The molecule has 2 aromatic rings. The highest BCUT2D eigenvalue weighted by atomic mass is 35.5. The molecule has 1 amide bonds. The molecule has 1 aromatic carbocycles. The van der Waals surface area contributed by atoms with Crippen molar-refractivity contribution < 1.29 is 4.79 Å². The lowest BCUT2D eigenvalue weighted by Crippen LogP contribution is -2.28. The smallest absolute Gasteiger partial charge is 0.253 e. The fourth-order valence-electron chi connectivity index (χ4n) is 1.85. The van der Waals surface area contributed by atoms with Crippen LogP contribution in [0.5, 0.6) is 0 Å². The van der Waals surface area contributed by atoms with E-state index in [1.165, 1.54) is 0 Å². The van der Waals surface area contributed by atoms with Crippen molar-refractivity contribution in [1.29, 1.82) is 0 Å². The molecule has 6 heteroatoms. The number of nitrogens with two attached hydrogens (primary N) is 1. The van der Waals surface area contributed by atoms with Gasteiger partial charge in [0.15, 0.2) is 0 Å². The largest absolute Gasteiger partial charge is 0.399 e. The van der Waals surface area contributed by atoms with Gasteiger partial charge in [0.05, 0.1) is 16.6 Å². The molecule has 0 aliphatic carbocycles. The highest BCUT2D eigenvalue weighted by molar-refractivity contribution is 6.34. The second kappa shape index (κ2) is 5.32. The summed E-state index contributed by atoms with van der Waals surface area (Å²) >= 11 is 6.00. The van der Waals surface area contributed by atoms with Crippen molar-refractivity contribution in [2.24, 2.45) is 7.05 Å². The molecule has 0 bridgehead atoms. The van der Waals surface area contributed by atoms with Crippen LogP contribution < -0.4 is 11.1 Å². The van der Waals surface area contributed by atoms with Crippen LogP contribution in [-0.4, -0.2) is 15.5 Å². The fraction of sp³-hybridized carbons (Fsp3) is 0.231. The number of hydrogen-bond donors (Lipinski definition) is 2. The summed E-state index contributed by atoms with van der Waals surface area (Å²) < 4.78 is 1.86. The highest BCUT2D eigenvalue weighted by Gasteiger charge is 2.16. The predicted octanol–water partition coefficient (Wildman–Crippen LogP) is 2.15. The van der Waals surface area contributed by atoms with Crippen molar-refractivity contribution >= 4 is 23.2 Å². The van der Waals surface area contributed by atoms with E-state index in [1.807, 2.05) is 24.7 Å². The van der Waals surface area contributed by atoms with Gasteiger partial charge in [-0.3, -0.25) is 4.79 Å². The van der Waals surface area contributed by atoms with Crippen molar-refractivity contribution in [2.75, 3.05) is 5.73 Å². The summed E-state index contributed by atoms with van der Waals surface area (Å²) in [5.74, 6) is 0.528. The molecule has 0 aliphatic heterocycles. The number of hydrogen-bond acceptors (Lipinski definition) is 3. The number of benzene rings is 1. The molecule has 3 N–H and O–H groups in total. The molecule has 5 nitrogen and oxygen atoms in total. The average Bonchev–Trinajstić information content (AvgIpc) is 2.75. The molecule has 2 rings (SSSR count). The molecule has 0 aliphatic rings. The van der Waals surface area contributed by atoms with Crippen molar-refractivity contribution in [3.8, 4) is 0 Å². The van der Waals surface area contributed by atoms with Crippen LogP contribution in [0, 0.1) is 0 Å². The Balaban J connectivity index is 2.15. The van der Waals surface area contributed by atoms with Gasteiger partial charge in [-0.05, 0) is 25.1 Å². The van der Waals surface area contributed by atoms with E-state index in [-0.39, 0.29) is 11.9 Å². The first kappa shape index (κ1) is 13.4. The maximum Gasteiger partial charge on any atom is 0.253 e. The number of imidazole rings is 1. The van der Waals surface area contributed by atoms with E-state index >= 15 is 0 Å². The molecule has 1 unspecified atom stereocenters. The summed E-state index contributed by atoms with van der Waals surface area (Å²) in [6.07, 6.45) is 3.52. The summed E-state index contributed by atoms with van der Waals surface area (Å²) in [7, 11) is 1.88. The normalized spacial score (nSPS) is 12.2. The molecule has 0 radical (unpaired) electrons. The van der Waals surface area contributed by atoms with Gasteiger partial charge < -0.3 is 15.6 Å². The Hall–Kier alpha value is -2.01. The van der Waals surface area contributed by atoms with E-state index in [0.29, 0.717) is 16.3 Å². The first-order chi connectivity index (χ1) is 8.99. The number of aryl methyl sites for hydroxylation is 1.